The fourth-order valence-electron chi connectivity index (χ4n) is 1.85. The van der Waals surface area contributed by atoms with Crippen molar-refractivity contribution in [3.05, 3.63) is 47.1 Å². The zero-order valence-electron chi connectivity index (χ0n) is 9.96. The lowest BCUT2D eigenvalue weighted by Gasteiger charge is -2.01. The van der Waals surface area contributed by atoms with Crippen LogP contribution in [0.15, 0.2) is 36.4 Å². The van der Waals surface area contributed by atoms with Crippen LogP contribution in [0, 0.1) is 0 Å². The molecular formula is C14H17ClN2. The van der Waals surface area contributed by atoms with Crippen LogP contribution in [-0.4, -0.2) is 11.5 Å². The molecule has 0 aliphatic heterocycles. The Morgan fingerprint density at radius 2 is 2.18 bits per heavy atom. The van der Waals surface area contributed by atoms with Crippen molar-refractivity contribution in [2.24, 2.45) is 0 Å². The predicted octanol–water partition coefficient (Wildman–Crippen LogP) is 3.88. The lowest BCUT2D eigenvalue weighted by molar-refractivity contribution is 0.686. The van der Waals surface area contributed by atoms with Crippen LogP contribution in [0.4, 0.5) is 0 Å². The molecule has 0 amide bonds. The van der Waals surface area contributed by atoms with Gasteiger partial charge in [0, 0.05) is 23.1 Å². The van der Waals surface area contributed by atoms with Gasteiger partial charge in [-0.1, -0.05) is 42.0 Å². The fraction of sp³-hybridized carbons (Fsp3) is 0.286. The van der Waals surface area contributed by atoms with Crippen molar-refractivity contribution in [1.82, 2.24) is 10.3 Å². The molecule has 2 aromatic rings. The van der Waals surface area contributed by atoms with Crippen molar-refractivity contribution in [2.45, 2.75) is 19.9 Å². The van der Waals surface area contributed by atoms with Crippen molar-refractivity contribution < 1.29 is 0 Å². The van der Waals surface area contributed by atoms with Crippen LogP contribution in [0.1, 0.15) is 19.0 Å². The average Bonchev–Trinajstić information content (AvgIpc) is 2.67. The highest BCUT2D eigenvalue weighted by Gasteiger charge is 2.07. The third-order valence-corrected chi connectivity index (χ3v) is 3.17. The summed E-state index contributed by atoms with van der Waals surface area (Å²) in [5.41, 5.74) is 2.16. The zero-order chi connectivity index (χ0) is 12.1. The normalized spacial score (nSPS) is 11.6. The fourth-order valence-corrected chi connectivity index (χ4v) is 2.13. The van der Waals surface area contributed by atoms with Crippen LogP contribution in [0.25, 0.3) is 10.9 Å². The van der Waals surface area contributed by atoms with Gasteiger partial charge in [-0.15, -0.1) is 0 Å². The molecule has 0 spiro atoms. The van der Waals surface area contributed by atoms with Gasteiger partial charge in [-0.25, -0.2) is 0 Å². The van der Waals surface area contributed by atoms with E-state index in [-0.39, 0.29) is 0 Å². The third kappa shape index (κ3) is 2.90. The van der Waals surface area contributed by atoms with E-state index in [2.05, 4.69) is 22.5 Å². The van der Waals surface area contributed by atoms with Gasteiger partial charge in [-0.3, -0.25) is 0 Å². The molecular weight excluding hydrogens is 232 g/mol. The number of hydrogen-bond donors (Lipinski definition) is 2. The highest BCUT2D eigenvalue weighted by Crippen LogP contribution is 2.26. The largest absolute Gasteiger partial charge is 0.356 e. The minimum atomic E-state index is 0.783. The second-order valence-corrected chi connectivity index (χ2v) is 4.38. The van der Waals surface area contributed by atoms with E-state index in [1.54, 1.807) is 0 Å². The van der Waals surface area contributed by atoms with E-state index in [9.17, 15) is 0 Å². The first-order chi connectivity index (χ1) is 8.33. The van der Waals surface area contributed by atoms with E-state index >= 15 is 0 Å². The first kappa shape index (κ1) is 12.2. The number of fused-ring (bicyclic) bond motifs is 1. The van der Waals surface area contributed by atoms with E-state index in [0.717, 1.165) is 41.1 Å². The quantitative estimate of drug-likeness (QED) is 0.610. The Balaban J connectivity index is 2.01. The lowest BCUT2D eigenvalue weighted by atomic mass is 10.2. The molecule has 1 aromatic carbocycles. The number of aromatic amines is 1. The summed E-state index contributed by atoms with van der Waals surface area (Å²) in [6.45, 7) is 3.79. The maximum absolute atomic E-state index is 6.31. The van der Waals surface area contributed by atoms with Gasteiger partial charge in [-0.2, -0.15) is 0 Å². The number of rotatable bonds is 5. The molecule has 1 aromatic heterocycles. The van der Waals surface area contributed by atoms with Gasteiger partial charge in [0.25, 0.3) is 0 Å². The average molecular weight is 249 g/mol. The van der Waals surface area contributed by atoms with Crippen molar-refractivity contribution in [1.29, 1.82) is 0 Å². The van der Waals surface area contributed by atoms with E-state index in [4.69, 9.17) is 11.6 Å². The van der Waals surface area contributed by atoms with Gasteiger partial charge in [0.2, 0.25) is 0 Å². The van der Waals surface area contributed by atoms with Crippen molar-refractivity contribution >= 4 is 22.5 Å². The minimum absolute atomic E-state index is 0.783. The van der Waals surface area contributed by atoms with E-state index in [0.29, 0.717) is 0 Å². The summed E-state index contributed by atoms with van der Waals surface area (Å²) in [4.78, 5) is 3.34. The predicted molar refractivity (Wildman–Crippen MR) is 74.4 cm³/mol. The Bertz CT molecular complexity index is 514. The number of hydrogen-bond acceptors (Lipinski definition) is 1. The van der Waals surface area contributed by atoms with E-state index < -0.39 is 0 Å². The van der Waals surface area contributed by atoms with Crippen LogP contribution in [0.2, 0.25) is 5.02 Å². The Hall–Kier alpha value is -1.25. The number of nitrogens with one attached hydrogen (secondary N) is 2. The summed E-state index contributed by atoms with van der Waals surface area (Å²) in [6, 6.07) is 8.10. The van der Waals surface area contributed by atoms with Crippen LogP contribution >= 0.6 is 11.6 Å². The second kappa shape index (κ2) is 5.89. The molecule has 1 heterocycles. The Labute approximate surface area is 107 Å². The number of benzene rings is 1. The molecule has 2 N–H and O–H groups in total. The molecule has 0 unspecified atom stereocenters. The molecule has 0 saturated heterocycles. The van der Waals surface area contributed by atoms with Crippen molar-refractivity contribution in [3.8, 4) is 0 Å². The van der Waals surface area contributed by atoms with Crippen LogP contribution in [0.5, 0.6) is 0 Å². The van der Waals surface area contributed by atoms with Gasteiger partial charge >= 0.3 is 0 Å². The number of para-hydroxylation sites is 1. The lowest BCUT2D eigenvalue weighted by Crippen LogP contribution is -2.14. The second-order valence-electron chi connectivity index (χ2n) is 4.00. The van der Waals surface area contributed by atoms with Gasteiger partial charge in [-0.05, 0) is 26.0 Å². The summed E-state index contributed by atoms with van der Waals surface area (Å²) in [5, 5.41) is 5.30. The van der Waals surface area contributed by atoms with E-state index in [1.165, 1.54) is 0 Å². The molecule has 90 valence electrons. The number of allylic oxidation sites excluding steroid dienone is 1. The van der Waals surface area contributed by atoms with Crippen LogP contribution in [-0.2, 0) is 6.54 Å². The van der Waals surface area contributed by atoms with Crippen molar-refractivity contribution in [2.75, 3.05) is 6.54 Å². The summed E-state index contributed by atoms with van der Waals surface area (Å²) in [5.74, 6) is 0. The summed E-state index contributed by atoms with van der Waals surface area (Å²) in [6.07, 6.45) is 5.27. The maximum atomic E-state index is 6.31. The Morgan fingerprint density at radius 3 is 2.94 bits per heavy atom. The number of aromatic nitrogens is 1. The first-order valence-electron chi connectivity index (χ1n) is 5.90. The molecule has 0 radical (unpaired) electrons. The highest BCUT2D eigenvalue weighted by molar-refractivity contribution is 6.36. The van der Waals surface area contributed by atoms with Gasteiger partial charge in [0.1, 0.15) is 0 Å². The molecule has 0 aliphatic rings. The minimum Gasteiger partial charge on any atom is -0.356 e. The molecule has 2 rings (SSSR count). The maximum Gasteiger partial charge on any atom is 0.0705 e. The smallest absolute Gasteiger partial charge is 0.0705 e. The molecule has 0 fully saturated rings. The standard InChI is InChI=1S/C14H17ClN2/c1-2-3-6-9-16-10-13-14(15)11-7-4-5-8-12(11)17-13/h2-5,7-8,16-17H,6,9-10H2,1H3/b3-2+. The summed E-state index contributed by atoms with van der Waals surface area (Å²) in [7, 11) is 0. The van der Waals surface area contributed by atoms with Crippen molar-refractivity contribution in [3.63, 3.8) is 0 Å². The molecule has 0 saturated carbocycles. The number of H-pyrrole nitrogens is 1. The molecule has 17 heavy (non-hydrogen) atoms. The Kier molecular flexibility index (Phi) is 4.24. The number of halogens is 1. The molecule has 0 atom stereocenters. The van der Waals surface area contributed by atoms with Crippen LogP contribution in [0.3, 0.4) is 0 Å². The SMILES string of the molecule is C/C=C/CCNCc1[nH]c2ccccc2c1Cl. The molecule has 3 heteroatoms. The van der Waals surface area contributed by atoms with Gasteiger partial charge < -0.3 is 10.3 Å². The molecule has 0 aliphatic carbocycles. The zero-order valence-corrected chi connectivity index (χ0v) is 10.7. The monoisotopic (exact) mass is 248 g/mol. The van der Waals surface area contributed by atoms with Gasteiger partial charge in [0.05, 0.1) is 5.02 Å². The van der Waals surface area contributed by atoms with Crippen LogP contribution < -0.4 is 5.32 Å². The van der Waals surface area contributed by atoms with Gasteiger partial charge in [0.15, 0.2) is 0 Å². The third-order valence-electron chi connectivity index (χ3n) is 2.74. The summed E-state index contributed by atoms with van der Waals surface area (Å²) < 4.78 is 0. The Morgan fingerprint density at radius 1 is 1.35 bits per heavy atom. The topological polar surface area (TPSA) is 27.8 Å². The first-order valence-corrected chi connectivity index (χ1v) is 6.27. The molecule has 0 bridgehead atoms. The molecule has 2 nitrogen and oxygen atoms in total. The van der Waals surface area contributed by atoms with E-state index in [1.807, 2.05) is 31.2 Å². The summed E-state index contributed by atoms with van der Waals surface area (Å²) >= 11 is 6.31. The highest BCUT2D eigenvalue weighted by atomic mass is 35.5.